The molecule has 0 saturated heterocycles. The van der Waals surface area contributed by atoms with Crippen LogP contribution in [0.2, 0.25) is 0 Å². The van der Waals surface area contributed by atoms with Crippen molar-refractivity contribution in [1.29, 1.82) is 0 Å². The molecule has 0 spiro atoms. The number of aliphatic hydroxyl groups is 1. The predicted octanol–water partition coefficient (Wildman–Crippen LogP) is 1.06. The number of nitrogens with two attached hydrogens (primary N) is 1. The molecule has 0 saturated carbocycles. The highest BCUT2D eigenvalue weighted by molar-refractivity contribution is 5.80. The summed E-state index contributed by atoms with van der Waals surface area (Å²) in [6, 6.07) is 6.65. The molecule has 0 fully saturated rings. The number of nitrogens with one attached hydrogen (secondary N) is 3. The minimum Gasteiger partial charge on any atom is -0.481 e. The molecule has 1 amide bonds. The third-order valence-corrected chi connectivity index (χ3v) is 3.74. The van der Waals surface area contributed by atoms with Crippen molar-refractivity contribution in [1.82, 2.24) is 10.6 Å². The van der Waals surface area contributed by atoms with Gasteiger partial charge in [0.05, 0.1) is 13.0 Å². The summed E-state index contributed by atoms with van der Waals surface area (Å²) in [6.45, 7) is 6.91. The van der Waals surface area contributed by atoms with Gasteiger partial charge in [0, 0.05) is 24.7 Å². The Hall–Kier alpha value is -2.86. The number of aliphatic hydroxyl groups excluding tert-OH is 1. The molecule has 11 nitrogen and oxygen atoms in total. The van der Waals surface area contributed by atoms with Crippen LogP contribution in [0.4, 0.5) is 5.69 Å². The van der Waals surface area contributed by atoms with Crippen LogP contribution in [0.3, 0.4) is 0 Å². The average molecular weight is 487 g/mol. The predicted molar refractivity (Wildman–Crippen MR) is 132 cm³/mol. The molecule has 2 atom stereocenters. The zero-order chi connectivity index (χ0) is 26.9. The summed E-state index contributed by atoms with van der Waals surface area (Å²) < 4.78 is 0. The van der Waals surface area contributed by atoms with Crippen LogP contribution < -0.4 is 21.7 Å². The highest BCUT2D eigenvalue weighted by atomic mass is 16.4. The number of carboxylic acid groups (broad SMARTS) is 2. The first-order valence-electron chi connectivity index (χ1n) is 10.8. The lowest BCUT2D eigenvalue weighted by Crippen LogP contribution is -2.35. The molecule has 196 valence electrons. The SMILES string of the molecule is CC(C)CCC=O.CC(N)CO.CNC(CC(=O)O)C(=O)O.CNCc1ccc(NC=O)cc1. The Morgan fingerprint density at radius 3 is 1.82 bits per heavy atom. The summed E-state index contributed by atoms with van der Waals surface area (Å²) in [6.07, 6.45) is 3.00. The molecule has 0 aliphatic heterocycles. The molecule has 0 aliphatic carbocycles. The number of benzene rings is 1. The molecule has 8 N–H and O–H groups in total. The van der Waals surface area contributed by atoms with Gasteiger partial charge < -0.3 is 41.8 Å². The van der Waals surface area contributed by atoms with Crippen molar-refractivity contribution in [2.45, 2.75) is 58.7 Å². The molecule has 11 heteroatoms. The van der Waals surface area contributed by atoms with Gasteiger partial charge in [-0.3, -0.25) is 14.4 Å². The Morgan fingerprint density at radius 2 is 1.59 bits per heavy atom. The van der Waals surface area contributed by atoms with E-state index in [9.17, 15) is 19.2 Å². The molecule has 2 unspecified atom stereocenters. The van der Waals surface area contributed by atoms with E-state index < -0.39 is 24.4 Å². The first-order valence-corrected chi connectivity index (χ1v) is 10.8. The third-order valence-electron chi connectivity index (χ3n) is 3.74. The van der Waals surface area contributed by atoms with Crippen LogP contribution >= 0.6 is 0 Å². The largest absolute Gasteiger partial charge is 0.481 e. The maximum atomic E-state index is 10.1. The topological polar surface area (TPSA) is 191 Å². The van der Waals surface area contributed by atoms with E-state index in [0.29, 0.717) is 12.3 Å². The van der Waals surface area contributed by atoms with Crippen molar-refractivity contribution in [3.63, 3.8) is 0 Å². The molecule has 0 aliphatic rings. The maximum absolute atomic E-state index is 10.1. The van der Waals surface area contributed by atoms with Crippen LogP contribution in [-0.4, -0.2) is 72.7 Å². The average Bonchev–Trinajstić information content (AvgIpc) is 2.78. The number of amides is 1. The number of hydrogen-bond acceptors (Lipinski definition) is 8. The van der Waals surface area contributed by atoms with Gasteiger partial charge in [-0.15, -0.1) is 0 Å². The molecule has 0 radical (unpaired) electrons. The lowest BCUT2D eigenvalue weighted by Gasteiger charge is -2.06. The van der Waals surface area contributed by atoms with Crippen LogP contribution in [0.25, 0.3) is 0 Å². The van der Waals surface area contributed by atoms with Crippen molar-refractivity contribution >= 4 is 30.3 Å². The maximum Gasteiger partial charge on any atom is 0.321 e. The normalized spacial score (nSPS) is 11.2. The first kappa shape index (κ1) is 35.7. The molecule has 0 bridgehead atoms. The number of anilines is 1. The molecule has 1 aromatic carbocycles. The number of likely N-dealkylation sites (N-methyl/N-ethyl adjacent to an activating group) is 1. The van der Waals surface area contributed by atoms with Crippen LogP contribution in [-0.2, 0) is 25.7 Å². The lowest BCUT2D eigenvalue weighted by atomic mass is 10.1. The molecule has 34 heavy (non-hydrogen) atoms. The van der Waals surface area contributed by atoms with E-state index in [0.717, 1.165) is 31.4 Å². The fourth-order valence-electron chi connectivity index (χ4n) is 1.88. The number of hydrogen-bond donors (Lipinski definition) is 7. The van der Waals surface area contributed by atoms with E-state index in [1.165, 1.54) is 12.6 Å². The number of aliphatic carboxylic acids is 2. The van der Waals surface area contributed by atoms with Gasteiger partial charge in [0.15, 0.2) is 0 Å². The highest BCUT2D eigenvalue weighted by Crippen LogP contribution is 2.07. The Labute approximate surface area is 202 Å². The second kappa shape index (κ2) is 24.8. The van der Waals surface area contributed by atoms with Crippen LogP contribution in [0.15, 0.2) is 24.3 Å². The second-order valence-corrected chi connectivity index (χ2v) is 7.56. The van der Waals surface area contributed by atoms with E-state index in [2.05, 4.69) is 29.8 Å². The van der Waals surface area contributed by atoms with E-state index in [1.807, 2.05) is 31.3 Å². The van der Waals surface area contributed by atoms with Gasteiger partial charge in [-0.05, 0) is 51.1 Å². The lowest BCUT2D eigenvalue weighted by molar-refractivity contribution is -0.145. The van der Waals surface area contributed by atoms with Gasteiger partial charge in [0.1, 0.15) is 12.3 Å². The molecular weight excluding hydrogens is 444 g/mol. The fraction of sp³-hybridized carbons (Fsp3) is 0.565. The summed E-state index contributed by atoms with van der Waals surface area (Å²) in [4.78, 5) is 39.9. The Morgan fingerprint density at radius 1 is 1.06 bits per heavy atom. The van der Waals surface area contributed by atoms with Crippen LogP contribution in [0, 0.1) is 5.92 Å². The monoisotopic (exact) mass is 486 g/mol. The zero-order valence-corrected chi connectivity index (χ0v) is 20.8. The van der Waals surface area contributed by atoms with E-state index in [4.69, 9.17) is 21.1 Å². The van der Waals surface area contributed by atoms with Crippen molar-refractivity contribution in [3.8, 4) is 0 Å². The van der Waals surface area contributed by atoms with Gasteiger partial charge >= 0.3 is 11.9 Å². The number of carbonyl (C=O) groups is 4. The minimum absolute atomic E-state index is 0.0602. The number of carboxylic acids is 2. The third kappa shape index (κ3) is 27.2. The Kier molecular flexibility index (Phi) is 26.0. The molecular formula is C23H42N4O7. The summed E-state index contributed by atoms with van der Waals surface area (Å²) >= 11 is 0. The van der Waals surface area contributed by atoms with Crippen molar-refractivity contribution in [2.75, 3.05) is 26.0 Å². The second-order valence-electron chi connectivity index (χ2n) is 7.56. The van der Waals surface area contributed by atoms with Crippen molar-refractivity contribution in [2.24, 2.45) is 11.7 Å². The van der Waals surface area contributed by atoms with E-state index in [-0.39, 0.29) is 12.6 Å². The van der Waals surface area contributed by atoms with Gasteiger partial charge in [0.2, 0.25) is 6.41 Å². The molecule has 0 aromatic heterocycles. The van der Waals surface area contributed by atoms with Gasteiger partial charge in [-0.25, -0.2) is 0 Å². The minimum atomic E-state index is -1.15. The van der Waals surface area contributed by atoms with E-state index >= 15 is 0 Å². The Bertz CT molecular complexity index is 653. The summed E-state index contributed by atoms with van der Waals surface area (Å²) in [5.74, 6) is -1.60. The van der Waals surface area contributed by atoms with Crippen LogP contribution in [0.1, 0.15) is 45.6 Å². The van der Waals surface area contributed by atoms with Gasteiger partial charge in [-0.1, -0.05) is 26.0 Å². The summed E-state index contributed by atoms with van der Waals surface area (Å²) in [5, 5.41) is 32.4. The summed E-state index contributed by atoms with van der Waals surface area (Å²) in [7, 11) is 3.30. The number of carbonyl (C=O) groups excluding carboxylic acids is 2. The van der Waals surface area contributed by atoms with E-state index in [1.54, 1.807) is 6.92 Å². The van der Waals surface area contributed by atoms with Crippen molar-refractivity contribution < 1.29 is 34.5 Å². The quantitative estimate of drug-likeness (QED) is 0.210. The van der Waals surface area contributed by atoms with Gasteiger partial charge in [-0.2, -0.15) is 0 Å². The van der Waals surface area contributed by atoms with Crippen molar-refractivity contribution in [3.05, 3.63) is 29.8 Å². The van der Waals surface area contributed by atoms with Crippen LogP contribution in [0.5, 0.6) is 0 Å². The standard InChI is InChI=1S/C9H12N2O.C6H12O.C5H9NO4.C3H9NO/c1-10-6-8-2-4-9(5-3-8)11-7-12;1-6(2)4-3-5-7;1-6-3(5(9)10)2-4(7)8;1-3(4)2-5/h2-5,7,10H,6H2,1H3,(H,11,12);5-6H,3-4H2,1-2H3;3,6H,2H2,1H3,(H,7,8)(H,9,10);3,5H,2,4H2,1H3. The number of aldehydes is 1. The zero-order valence-electron chi connectivity index (χ0n) is 20.8. The highest BCUT2D eigenvalue weighted by Gasteiger charge is 2.17. The summed E-state index contributed by atoms with van der Waals surface area (Å²) in [5.41, 5.74) is 7.07. The molecule has 1 aromatic rings. The first-order chi connectivity index (χ1) is 16.0. The Balaban J connectivity index is -0.000000397. The fourth-order valence-corrected chi connectivity index (χ4v) is 1.88. The smallest absolute Gasteiger partial charge is 0.321 e. The molecule has 0 heterocycles. The number of rotatable bonds is 12. The van der Waals surface area contributed by atoms with Gasteiger partial charge in [0.25, 0.3) is 0 Å². The molecule has 1 rings (SSSR count).